The van der Waals surface area contributed by atoms with Crippen LogP contribution in [0.5, 0.6) is 0 Å². The molecule has 5 fully saturated rings. The Balaban J connectivity index is 1.34. The van der Waals surface area contributed by atoms with Gasteiger partial charge in [-0.25, -0.2) is 0 Å². The lowest BCUT2D eigenvalue weighted by Crippen LogP contribution is -2.67. The number of rotatable bonds is 5. The van der Waals surface area contributed by atoms with Gasteiger partial charge in [-0.15, -0.1) is 0 Å². The van der Waals surface area contributed by atoms with Crippen LogP contribution in [0.25, 0.3) is 0 Å². The Labute approximate surface area is 247 Å². The molecular formula is C37H52O4. The molecule has 0 aromatic heterocycles. The minimum atomic E-state index is -0.618. The zero-order valence-electron chi connectivity index (χ0n) is 26.1. The van der Waals surface area contributed by atoms with Crippen LogP contribution in [0.1, 0.15) is 104 Å². The van der Waals surface area contributed by atoms with Crippen LogP contribution in [0.4, 0.5) is 0 Å². The van der Waals surface area contributed by atoms with Crippen LogP contribution < -0.4 is 0 Å². The first-order chi connectivity index (χ1) is 19.4. The number of aliphatic hydroxyl groups excluding tert-OH is 1. The second-order valence-electron chi connectivity index (χ2n) is 15.9. The number of carbonyl (C=O) groups is 2. The highest BCUT2D eigenvalue weighted by atomic mass is 16.5. The predicted molar refractivity (Wildman–Crippen MR) is 162 cm³/mol. The van der Waals surface area contributed by atoms with Gasteiger partial charge < -0.3 is 9.84 Å². The van der Waals surface area contributed by atoms with Crippen LogP contribution in [-0.4, -0.2) is 23.5 Å². The van der Waals surface area contributed by atoms with E-state index in [2.05, 4.69) is 34.3 Å². The lowest BCUT2D eigenvalue weighted by atomic mass is 9.32. The van der Waals surface area contributed by atoms with Gasteiger partial charge in [-0.05, 0) is 116 Å². The van der Waals surface area contributed by atoms with Gasteiger partial charge in [0.1, 0.15) is 12.4 Å². The SMILES string of the molecule is C=C(C)[C@@H]1CC[C@]2(C(=O)OCc3ccccc3)CC[C@]3(C)C(CCC4[C@@]5(C)CCC(=O)[C@@](C)(CO)C5CC[C@]43C)C12. The number of carbonyl (C=O) groups excluding carboxylic acids is 2. The molecule has 224 valence electrons. The summed E-state index contributed by atoms with van der Waals surface area (Å²) in [4.78, 5) is 27.3. The summed E-state index contributed by atoms with van der Waals surface area (Å²) in [6, 6.07) is 10.1. The van der Waals surface area contributed by atoms with Gasteiger partial charge in [-0.1, -0.05) is 70.2 Å². The maximum atomic E-state index is 14.2. The summed E-state index contributed by atoms with van der Waals surface area (Å²) in [6.07, 6.45) is 9.82. The molecule has 4 unspecified atom stereocenters. The predicted octanol–water partition coefficient (Wildman–Crippen LogP) is 7.93. The molecule has 1 N–H and O–H groups in total. The summed E-state index contributed by atoms with van der Waals surface area (Å²) in [5, 5.41) is 10.5. The summed E-state index contributed by atoms with van der Waals surface area (Å²) in [6.45, 7) is 16.6. The third-order valence-corrected chi connectivity index (χ3v) is 14.6. The van der Waals surface area contributed by atoms with Crippen molar-refractivity contribution >= 4 is 11.8 Å². The summed E-state index contributed by atoms with van der Waals surface area (Å²) >= 11 is 0. The lowest BCUT2D eigenvalue weighted by Gasteiger charge is -2.72. The first-order valence-electron chi connectivity index (χ1n) is 16.4. The fourth-order valence-electron chi connectivity index (χ4n) is 12.2. The fourth-order valence-corrected chi connectivity index (χ4v) is 12.2. The second-order valence-corrected chi connectivity index (χ2v) is 15.9. The van der Waals surface area contributed by atoms with Crippen molar-refractivity contribution in [1.82, 2.24) is 0 Å². The van der Waals surface area contributed by atoms with E-state index in [1.165, 1.54) is 5.57 Å². The molecule has 0 bridgehead atoms. The van der Waals surface area contributed by atoms with Crippen LogP contribution in [-0.2, 0) is 20.9 Å². The molecule has 1 aromatic carbocycles. The van der Waals surface area contributed by atoms with E-state index < -0.39 is 10.8 Å². The van der Waals surface area contributed by atoms with Crippen LogP contribution in [0.3, 0.4) is 0 Å². The Morgan fingerprint density at radius 2 is 1.66 bits per heavy atom. The van der Waals surface area contributed by atoms with E-state index >= 15 is 0 Å². The van der Waals surface area contributed by atoms with Gasteiger partial charge in [0.05, 0.1) is 17.4 Å². The fraction of sp³-hybridized carbons (Fsp3) is 0.730. The number of allylic oxidation sites excluding steroid dienone is 1. The van der Waals surface area contributed by atoms with Crippen molar-refractivity contribution in [3.8, 4) is 0 Å². The van der Waals surface area contributed by atoms with Crippen molar-refractivity contribution in [3.05, 3.63) is 48.0 Å². The Kier molecular flexibility index (Phi) is 6.96. The number of benzene rings is 1. The van der Waals surface area contributed by atoms with Gasteiger partial charge in [0.25, 0.3) is 0 Å². The van der Waals surface area contributed by atoms with Crippen molar-refractivity contribution in [2.75, 3.05) is 6.61 Å². The van der Waals surface area contributed by atoms with Gasteiger partial charge in [-0.2, -0.15) is 0 Å². The molecule has 4 heteroatoms. The van der Waals surface area contributed by atoms with Crippen molar-refractivity contribution in [2.45, 2.75) is 105 Å². The lowest BCUT2D eigenvalue weighted by molar-refractivity contribution is -0.239. The Morgan fingerprint density at radius 1 is 0.927 bits per heavy atom. The van der Waals surface area contributed by atoms with Gasteiger partial charge in [-0.3, -0.25) is 9.59 Å². The molecule has 0 aliphatic heterocycles. The number of esters is 1. The Hall–Kier alpha value is -1.94. The molecule has 0 radical (unpaired) electrons. The number of hydrogen-bond acceptors (Lipinski definition) is 4. The molecule has 5 saturated carbocycles. The molecular weight excluding hydrogens is 508 g/mol. The second kappa shape index (κ2) is 9.79. The molecule has 10 atom stereocenters. The summed E-state index contributed by atoms with van der Waals surface area (Å²) in [7, 11) is 0. The quantitative estimate of drug-likeness (QED) is 0.293. The number of hydrogen-bond donors (Lipinski definition) is 1. The van der Waals surface area contributed by atoms with Crippen molar-refractivity contribution in [2.24, 2.45) is 56.7 Å². The molecule has 5 aliphatic rings. The van der Waals surface area contributed by atoms with Crippen molar-refractivity contribution < 1.29 is 19.4 Å². The average Bonchev–Trinajstić information content (AvgIpc) is 3.36. The highest BCUT2D eigenvalue weighted by molar-refractivity contribution is 5.86. The Morgan fingerprint density at radius 3 is 2.34 bits per heavy atom. The number of aliphatic hydroxyl groups is 1. The summed E-state index contributed by atoms with van der Waals surface area (Å²) < 4.78 is 6.15. The third-order valence-electron chi connectivity index (χ3n) is 14.6. The molecule has 1 aromatic rings. The molecule has 5 aliphatic carbocycles. The molecule has 0 spiro atoms. The summed E-state index contributed by atoms with van der Waals surface area (Å²) in [5.74, 6) is 2.14. The maximum Gasteiger partial charge on any atom is 0.312 e. The van der Waals surface area contributed by atoms with Gasteiger partial charge in [0, 0.05) is 6.42 Å². The van der Waals surface area contributed by atoms with Crippen LogP contribution in [0.2, 0.25) is 0 Å². The summed E-state index contributed by atoms with van der Waals surface area (Å²) in [5.41, 5.74) is 1.55. The number of fused-ring (bicyclic) bond motifs is 7. The third kappa shape index (κ3) is 3.87. The highest BCUT2D eigenvalue weighted by Gasteiger charge is 2.72. The topological polar surface area (TPSA) is 63.6 Å². The monoisotopic (exact) mass is 560 g/mol. The first kappa shape index (κ1) is 29.1. The zero-order valence-corrected chi connectivity index (χ0v) is 26.1. The van der Waals surface area contributed by atoms with E-state index in [0.717, 1.165) is 63.4 Å². The standard InChI is InChI=1S/C37H52O4/c1-24(2)26-14-19-37(32(40)41-22-25-10-8-7-9-11-25)21-20-35(5)27(31(26)37)12-13-29-33(3)17-16-30(39)34(4,23-38)28(33)15-18-36(29,35)6/h7-11,26-29,31,38H,1,12-23H2,2-6H3/t26-,27?,28?,29?,31?,33-,34-,35+,36+,37-/m0/s1. The number of ketones is 1. The molecule has 41 heavy (non-hydrogen) atoms. The van der Waals surface area contributed by atoms with Crippen LogP contribution >= 0.6 is 0 Å². The average molecular weight is 561 g/mol. The number of Topliss-reactive ketones (excluding diaryl/α,β-unsaturated/α-hetero) is 1. The molecule has 4 nitrogen and oxygen atoms in total. The van der Waals surface area contributed by atoms with E-state index in [1.807, 2.05) is 37.3 Å². The minimum absolute atomic E-state index is 0.0182. The maximum absolute atomic E-state index is 14.2. The van der Waals surface area contributed by atoms with Crippen molar-refractivity contribution in [1.29, 1.82) is 0 Å². The minimum Gasteiger partial charge on any atom is -0.460 e. The van der Waals surface area contributed by atoms with E-state index in [-0.39, 0.29) is 46.4 Å². The largest absolute Gasteiger partial charge is 0.460 e. The van der Waals surface area contributed by atoms with E-state index in [0.29, 0.717) is 30.8 Å². The zero-order chi connectivity index (χ0) is 29.4. The first-order valence-corrected chi connectivity index (χ1v) is 16.4. The highest BCUT2D eigenvalue weighted by Crippen LogP contribution is 2.77. The van der Waals surface area contributed by atoms with E-state index in [1.54, 1.807) is 0 Å². The molecule has 0 heterocycles. The normalized spacial score (nSPS) is 47.0. The van der Waals surface area contributed by atoms with Gasteiger partial charge in [0.15, 0.2) is 0 Å². The van der Waals surface area contributed by atoms with Crippen molar-refractivity contribution in [3.63, 3.8) is 0 Å². The molecule has 0 saturated heterocycles. The number of ether oxygens (including phenoxy) is 1. The molecule has 6 rings (SSSR count). The molecule has 0 amide bonds. The van der Waals surface area contributed by atoms with Crippen LogP contribution in [0, 0.1) is 56.7 Å². The van der Waals surface area contributed by atoms with Gasteiger partial charge in [0.2, 0.25) is 0 Å². The van der Waals surface area contributed by atoms with Crippen LogP contribution in [0.15, 0.2) is 42.5 Å². The van der Waals surface area contributed by atoms with E-state index in [4.69, 9.17) is 4.74 Å². The smallest absolute Gasteiger partial charge is 0.312 e. The Bertz CT molecular complexity index is 1220. The van der Waals surface area contributed by atoms with Gasteiger partial charge >= 0.3 is 5.97 Å². The van der Waals surface area contributed by atoms with E-state index in [9.17, 15) is 14.7 Å².